The van der Waals surface area contributed by atoms with Crippen molar-refractivity contribution >= 4 is 11.6 Å². The topological polar surface area (TPSA) is 88.2 Å². The van der Waals surface area contributed by atoms with Crippen molar-refractivity contribution in [3.63, 3.8) is 0 Å². The van der Waals surface area contributed by atoms with Gasteiger partial charge in [-0.1, -0.05) is 0 Å². The van der Waals surface area contributed by atoms with Gasteiger partial charge in [-0.3, -0.25) is 10.1 Å². The molecule has 2 N–H and O–H groups in total. The molecule has 0 spiro atoms. The van der Waals surface area contributed by atoms with Gasteiger partial charge in [0.25, 0.3) is 0 Å². The minimum atomic E-state index is -2.97. The first-order chi connectivity index (χ1) is 12.3. The molecule has 2 aromatic rings. The fraction of sp³-hybridized carbons (Fsp3) is 0.533. The number of anilines is 2. The number of alkyl halides is 3. The first-order valence-electron chi connectivity index (χ1n) is 7.95. The second kappa shape index (κ2) is 7.36. The van der Waals surface area contributed by atoms with E-state index in [4.69, 9.17) is 4.74 Å². The number of nitrogens with zero attached hydrogens (tertiary/aromatic N) is 4. The van der Waals surface area contributed by atoms with Gasteiger partial charge in [-0.05, 0) is 14.0 Å². The molecule has 1 aliphatic heterocycles. The SMILES string of the molecule is CN1CC[C@@H](Oc2cncc(Nc3cc(OC(F)F)n[nH]3)n2)[C@@](C)(F)C1. The maximum Gasteiger partial charge on any atom is 0.388 e. The van der Waals surface area contributed by atoms with E-state index in [9.17, 15) is 13.2 Å². The Hall–Kier alpha value is -2.56. The summed E-state index contributed by atoms with van der Waals surface area (Å²) in [5.74, 6) is 0.462. The summed E-state index contributed by atoms with van der Waals surface area (Å²) in [4.78, 5) is 10.1. The van der Waals surface area contributed by atoms with Crippen molar-refractivity contribution in [1.29, 1.82) is 0 Å². The van der Waals surface area contributed by atoms with Crippen molar-refractivity contribution in [3.8, 4) is 11.8 Å². The molecule has 2 aromatic heterocycles. The van der Waals surface area contributed by atoms with E-state index in [0.717, 1.165) is 6.54 Å². The molecule has 0 unspecified atom stereocenters. The lowest BCUT2D eigenvalue weighted by Gasteiger charge is -2.39. The Kier molecular flexibility index (Phi) is 5.16. The van der Waals surface area contributed by atoms with E-state index in [0.29, 0.717) is 6.42 Å². The minimum Gasteiger partial charge on any atom is -0.470 e. The monoisotopic (exact) mass is 372 g/mol. The fourth-order valence-corrected chi connectivity index (χ4v) is 2.80. The van der Waals surface area contributed by atoms with E-state index < -0.39 is 18.4 Å². The first kappa shape index (κ1) is 18.2. The highest BCUT2D eigenvalue weighted by atomic mass is 19.3. The molecule has 2 atom stereocenters. The number of hydrogen-bond acceptors (Lipinski definition) is 7. The number of ether oxygens (including phenoxy) is 2. The molecule has 0 amide bonds. The zero-order chi connectivity index (χ0) is 18.7. The molecule has 0 bridgehead atoms. The van der Waals surface area contributed by atoms with Crippen LogP contribution in [0.2, 0.25) is 0 Å². The number of aromatic nitrogens is 4. The lowest BCUT2D eigenvalue weighted by Crippen LogP contribution is -2.53. The Morgan fingerprint density at radius 1 is 1.38 bits per heavy atom. The van der Waals surface area contributed by atoms with Gasteiger partial charge in [0.2, 0.25) is 11.8 Å². The Bertz CT molecular complexity index is 742. The number of aromatic amines is 1. The fourth-order valence-electron chi connectivity index (χ4n) is 2.80. The molecule has 1 aliphatic rings. The van der Waals surface area contributed by atoms with Crippen LogP contribution >= 0.6 is 0 Å². The lowest BCUT2D eigenvalue weighted by molar-refractivity contribution is -0.0528. The van der Waals surface area contributed by atoms with Crippen LogP contribution in [0.1, 0.15) is 13.3 Å². The van der Waals surface area contributed by atoms with Crippen LogP contribution in [0.3, 0.4) is 0 Å². The molecule has 0 aliphatic carbocycles. The summed E-state index contributed by atoms with van der Waals surface area (Å²) < 4.78 is 48.9. The lowest BCUT2D eigenvalue weighted by atomic mass is 9.93. The smallest absolute Gasteiger partial charge is 0.388 e. The van der Waals surface area contributed by atoms with Gasteiger partial charge < -0.3 is 19.7 Å². The van der Waals surface area contributed by atoms with E-state index in [1.807, 2.05) is 11.9 Å². The molecule has 1 saturated heterocycles. The van der Waals surface area contributed by atoms with Crippen molar-refractivity contribution in [2.45, 2.75) is 31.7 Å². The largest absolute Gasteiger partial charge is 0.470 e. The third kappa shape index (κ3) is 4.54. The Morgan fingerprint density at radius 2 is 2.19 bits per heavy atom. The molecule has 1 fully saturated rings. The first-order valence-corrected chi connectivity index (χ1v) is 7.95. The second-order valence-electron chi connectivity index (χ2n) is 6.28. The van der Waals surface area contributed by atoms with Crippen LogP contribution in [0, 0.1) is 0 Å². The maximum atomic E-state index is 14.7. The number of H-pyrrole nitrogens is 1. The minimum absolute atomic E-state index is 0.164. The van der Waals surface area contributed by atoms with Crippen LogP contribution in [-0.4, -0.2) is 63.6 Å². The van der Waals surface area contributed by atoms with Crippen LogP contribution < -0.4 is 14.8 Å². The van der Waals surface area contributed by atoms with Crippen molar-refractivity contribution in [2.75, 3.05) is 25.5 Å². The van der Waals surface area contributed by atoms with Gasteiger partial charge in [0.15, 0.2) is 11.5 Å². The van der Waals surface area contributed by atoms with Gasteiger partial charge >= 0.3 is 6.61 Å². The third-order valence-corrected chi connectivity index (χ3v) is 3.93. The van der Waals surface area contributed by atoms with Crippen LogP contribution in [-0.2, 0) is 0 Å². The second-order valence-corrected chi connectivity index (χ2v) is 6.28. The van der Waals surface area contributed by atoms with Crippen molar-refractivity contribution < 1.29 is 22.6 Å². The van der Waals surface area contributed by atoms with E-state index in [1.165, 1.54) is 25.4 Å². The third-order valence-electron chi connectivity index (χ3n) is 3.93. The van der Waals surface area contributed by atoms with E-state index in [-0.39, 0.29) is 29.9 Å². The average Bonchev–Trinajstić information content (AvgIpc) is 2.96. The average molecular weight is 372 g/mol. The van der Waals surface area contributed by atoms with Crippen LogP contribution in [0.5, 0.6) is 11.8 Å². The van der Waals surface area contributed by atoms with Crippen LogP contribution in [0.25, 0.3) is 0 Å². The number of nitrogens with one attached hydrogen (secondary N) is 2. The molecule has 8 nitrogen and oxygen atoms in total. The number of piperidine rings is 1. The van der Waals surface area contributed by atoms with Gasteiger partial charge in [-0.2, -0.15) is 13.8 Å². The Labute approximate surface area is 147 Å². The zero-order valence-electron chi connectivity index (χ0n) is 14.2. The summed E-state index contributed by atoms with van der Waals surface area (Å²) in [7, 11) is 1.86. The highest BCUT2D eigenvalue weighted by Crippen LogP contribution is 2.28. The molecular weight excluding hydrogens is 353 g/mol. The number of likely N-dealkylation sites (tertiary alicyclic amines) is 1. The number of hydrogen-bond donors (Lipinski definition) is 2. The molecule has 142 valence electrons. The molecule has 0 radical (unpaired) electrons. The normalized spacial score (nSPS) is 23.8. The number of halogens is 3. The van der Waals surface area contributed by atoms with E-state index >= 15 is 0 Å². The maximum absolute atomic E-state index is 14.7. The van der Waals surface area contributed by atoms with Gasteiger partial charge in [0.05, 0.1) is 12.4 Å². The van der Waals surface area contributed by atoms with Crippen LogP contribution in [0.4, 0.5) is 24.8 Å². The van der Waals surface area contributed by atoms with Gasteiger partial charge in [-0.15, -0.1) is 5.10 Å². The zero-order valence-corrected chi connectivity index (χ0v) is 14.2. The molecule has 0 saturated carbocycles. The predicted octanol–water partition coefficient (Wildman–Crippen LogP) is 2.36. The van der Waals surface area contributed by atoms with Crippen molar-refractivity contribution in [1.82, 2.24) is 25.1 Å². The van der Waals surface area contributed by atoms with Gasteiger partial charge in [0, 0.05) is 25.6 Å². The van der Waals surface area contributed by atoms with E-state index in [2.05, 4.69) is 30.2 Å². The number of rotatable bonds is 6. The summed E-state index contributed by atoms with van der Waals surface area (Å²) in [6.07, 6.45) is 2.68. The highest BCUT2D eigenvalue weighted by molar-refractivity contribution is 5.52. The summed E-state index contributed by atoms with van der Waals surface area (Å²) in [6.45, 7) is -0.481. The Morgan fingerprint density at radius 3 is 2.92 bits per heavy atom. The quantitative estimate of drug-likeness (QED) is 0.805. The molecule has 3 heterocycles. The molecule has 11 heteroatoms. The highest BCUT2D eigenvalue weighted by Gasteiger charge is 2.41. The van der Waals surface area contributed by atoms with Gasteiger partial charge in [0.1, 0.15) is 11.9 Å². The van der Waals surface area contributed by atoms with Crippen molar-refractivity contribution in [3.05, 3.63) is 18.5 Å². The molecular formula is C15H19F3N6O2. The van der Waals surface area contributed by atoms with Crippen molar-refractivity contribution in [2.24, 2.45) is 0 Å². The summed E-state index contributed by atoms with van der Waals surface area (Å²) in [6, 6.07) is 1.25. The van der Waals surface area contributed by atoms with Crippen LogP contribution in [0.15, 0.2) is 18.5 Å². The molecule has 26 heavy (non-hydrogen) atoms. The van der Waals surface area contributed by atoms with Gasteiger partial charge in [-0.25, -0.2) is 4.39 Å². The summed E-state index contributed by atoms with van der Waals surface area (Å²) >= 11 is 0. The predicted molar refractivity (Wildman–Crippen MR) is 86.6 cm³/mol. The molecule has 3 rings (SSSR count). The Balaban J connectivity index is 1.65. The van der Waals surface area contributed by atoms with E-state index in [1.54, 1.807) is 0 Å². The summed E-state index contributed by atoms with van der Waals surface area (Å²) in [5.41, 5.74) is -1.51. The molecule has 0 aromatic carbocycles. The standard InChI is InChI=1S/C15H19F3N6O2/c1-15(18)8-24(2)4-3-9(15)25-13-7-19-6-11(21-13)20-10-5-12(23-22-10)26-14(16)17/h5-7,9,14H,3-4,8H2,1-2H3,(H2,20,21,22,23)/t9-,15+/m1/s1. The summed E-state index contributed by atoms with van der Waals surface area (Å²) in [5, 5.41) is 8.86.